The van der Waals surface area contributed by atoms with Gasteiger partial charge in [0.1, 0.15) is 10.1 Å². The molecular formula is C2H2K2O6S. The zero-order chi connectivity index (χ0) is 7.65. The van der Waals surface area contributed by atoms with Gasteiger partial charge in [0.25, 0.3) is 0 Å². The quantitative estimate of drug-likeness (QED) is 0.373. The molecule has 0 aliphatic rings. The van der Waals surface area contributed by atoms with Crippen LogP contribution in [-0.4, -0.2) is 29.5 Å². The van der Waals surface area contributed by atoms with Crippen molar-refractivity contribution in [3.05, 3.63) is 0 Å². The molecule has 9 heteroatoms. The number of aliphatic hydroxyl groups excluding tert-OH is 1. The van der Waals surface area contributed by atoms with Crippen LogP contribution in [0.3, 0.4) is 0 Å². The Morgan fingerprint density at radius 2 is 1.64 bits per heavy atom. The van der Waals surface area contributed by atoms with Gasteiger partial charge >= 0.3 is 103 Å². The maximum atomic E-state index is 9.55. The normalized spacial score (nSPS) is 12.2. The molecular weight excluding hydrogens is 230 g/mol. The summed E-state index contributed by atoms with van der Waals surface area (Å²) in [5, 5.41) is 17.3. The first-order valence-electron chi connectivity index (χ1n) is 1.69. The summed E-state index contributed by atoms with van der Waals surface area (Å²) in [5.41, 5.74) is -2.96. The minimum absolute atomic E-state index is 0. The van der Waals surface area contributed by atoms with Crippen molar-refractivity contribution in [1.82, 2.24) is 0 Å². The first kappa shape index (κ1) is 19.2. The number of carboxylic acid groups (broad SMARTS) is 1. The van der Waals surface area contributed by atoms with Crippen molar-refractivity contribution in [2.24, 2.45) is 0 Å². The number of aliphatic carboxylic acids is 1. The summed E-state index contributed by atoms with van der Waals surface area (Å²) in [5.74, 6) is -2.31. The van der Waals surface area contributed by atoms with Crippen LogP contribution in [0.15, 0.2) is 0 Å². The molecule has 0 aromatic rings. The monoisotopic (exact) mass is 232 g/mol. The van der Waals surface area contributed by atoms with E-state index in [0.717, 1.165) is 0 Å². The molecule has 1 unspecified atom stereocenters. The van der Waals surface area contributed by atoms with Gasteiger partial charge in [-0.25, -0.2) is 8.42 Å². The predicted molar refractivity (Wildman–Crippen MR) is 20.7 cm³/mol. The summed E-state index contributed by atoms with van der Waals surface area (Å²) < 4.78 is 28.6. The number of carbonyl (C=O) groups is 1. The van der Waals surface area contributed by atoms with Crippen LogP contribution in [0.4, 0.5) is 0 Å². The van der Waals surface area contributed by atoms with Gasteiger partial charge < -0.3 is 19.6 Å². The van der Waals surface area contributed by atoms with E-state index >= 15 is 0 Å². The molecule has 0 bridgehead atoms. The maximum absolute atomic E-state index is 9.55. The van der Waals surface area contributed by atoms with Gasteiger partial charge in [0, 0.05) is 0 Å². The average molecular weight is 232 g/mol. The summed E-state index contributed by atoms with van der Waals surface area (Å²) >= 11 is 0. The Bertz CT molecular complexity index is 209. The molecule has 6 nitrogen and oxygen atoms in total. The molecule has 0 aliphatic carbocycles. The van der Waals surface area contributed by atoms with Crippen LogP contribution in [0.1, 0.15) is 0 Å². The molecule has 54 valence electrons. The Morgan fingerprint density at radius 1 is 1.36 bits per heavy atom. The van der Waals surface area contributed by atoms with Crippen LogP contribution >= 0.6 is 0 Å². The molecule has 0 saturated carbocycles. The van der Waals surface area contributed by atoms with E-state index in [-0.39, 0.29) is 103 Å². The second-order valence-electron chi connectivity index (χ2n) is 1.16. The molecule has 0 fully saturated rings. The van der Waals surface area contributed by atoms with Gasteiger partial charge in [-0.15, -0.1) is 0 Å². The molecule has 1 atom stereocenters. The SMILES string of the molecule is O=C([O-])C(O)S(=O)(=O)[O-].[K+].[K+]. The van der Waals surface area contributed by atoms with Gasteiger partial charge in [0.05, 0.1) is 5.97 Å². The van der Waals surface area contributed by atoms with Gasteiger partial charge in [-0.3, -0.25) is 0 Å². The zero-order valence-corrected chi connectivity index (χ0v) is 13.0. The Morgan fingerprint density at radius 3 is 1.64 bits per heavy atom. The minimum Gasteiger partial charge on any atom is -0.746 e. The predicted octanol–water partition coefficient (Wildman–Crippen LogP) is -9.39. The van der Waals surface area contributed by atoms with Gasteiger partial charge in [-0.2, -0.15) is 0 Å². The number of carbonyl (C=O) groups excluding carboxylic acids is 1. The van der Waals surface area contributed by atoms with E-state index in [1.165, 1.54) is 0 Å². The van der Waals surface area contributed by atoms with Crippen molar-refractivity contribution in [3.8, 4) is 0 Å². The molecule has 0 aromatic heterocycles. The molecule has 0 spiro atoms. The largest absolute Gasteiger partial charge is 1.00 e. The first-order valence-corrected chi connectivity index (χ1v) is 3.16. The smallest absolute Gasteiger partial charge is 0.746 e. The van der Waals surface area contributed by atoms with Gasteiger partial charge in [0.15, 0.2) is 5.44 Å². The van der Waals surface area contributed by atoms with Crippen LogP contribution in [0.2, 0.25) is 0 Å². The van der Waals surface area contributed by atoms with E-state index in [1.807, 2.05) is 0 Å². The van der Waals surface area contributed by atoms with E-state index < -0.39 is 21.5 Å². The topological polar surface area (TPSA) is 118 Å². The van der Waals surface area contributed by atoms with E-state index in [2.05, 4.69) is 0 Å². The van der Waals surface area contributed by atoms with Crippen molar-refractivity contribution >= 4 is 16.1 Å². The third kappa shape index (κ3) is 8.93. The molecule has 0 aliphatic heterocycles. The fourth-order valence-corrected chi connectivity index (χ4v) is 0.354. The Balaban J connectivity index is -0.000000320. The Kier molecular flexibility index (Phi) is 13.9. The third-order valence-electron chi connectivity index (χ3n) is 0.475. The summed E-state index contributed by atoms with van der Waals surface area (Å²) in [6, 6.07) is 0. The molecule has 0 saturated heterocycles. The molecule has 11 heavy (non-hydrogen) atoms. The molecule has 0 rings (SSSR count). The fraction of sp³-hybridized carbons (Fsp3) is 0.500. The van der Waals surface area contributed by atoms with Gasteiger partial charge in [0.2, 0.25) is 0 Å². The van der Waals surface area contributed by atoms with Crippen molar-refractivity contribution < 1.29 is 131 Å². The van der Waals surface area contributed by atoms with Gasteiger partial charge in [-0.05, 0) is 0 Å². The first-order chi connectivity index (χ1) is 3.85. The van der Waals surface area contributed by atoms with Crippen molar-refractivity contribution in [2.45, 2.75) is 5.44 Å². The van der Waals surface area contributed by atoms with Crippen LogP contribution in [0, 0.1) is 0 Å². The zero-order valence-electron chi connectivity index (χ0n) is 5.97. The molecule has 1 N–H and O–H groups in total. The molecule has 0 heterocycles. The molecule has 0 aromatic carbocycles. The number of hydrogen-bond acceptors (Lipinski definition) is 6. The Hall–Kier alpha value is 2.61. The summed E-state index contributed by atoms with van der Waals surface area (Å²) in [4.78, 5) is 9.41. The minimum atomic E-state index is -5.16. The second kappa shape index (κ2) is 7.97. The molecule has 0 radical (unpaired) electrons. The number of hydrogen-bond donors (Lipinski definition) is 1. The van der Waals surface area contributed by atoms with Gasteiger partial charge in [-0.1, -0.05) is 0 Å². The molecule has 0 amide bonds. The fourth-order valence-electron chi connectivity index (χ4n) is 0.118. The van der Waals surface area contributed by atoms with Crippen molar-refractivity contribution in [2.75, 3.05) is 0 Å². The number of rotatable bonds is 2. The maximum Gasteiger partial charge on any atom is 1.00 e. The third-order valence-corrected chi connectivity index (χ3v) is 1.21. The van der Waals surface area contributed by atoms with E-state index in [1.54, 1.807) is 0 Å². The van der Waals surface area contributed by atoms with Crippen LogP contribution in [-0.2, 0) is 14.9 Å². The van der Waals surface area contributed by atoms with E-state index in [9.17, 15) is 22.9 Å². The van der Waals surface area contributed by atoms with Crippen LogP contribution < -0.4 is 108 Å². The van der Waals surface area contributed by atoms with E-state index in [4.69, 9.17) is 5.11 Å². The Labute approximate surface area is 148 Å². The van der Waals surface area contributed by atoms with Crippen LogP contribution in [0.25, 0.3) is 0 Å². The summed E-state index contributed by atoms with van der Waals surface area (Å²) in [7, 11) is -5.16. The summed E-state index contributed by atoms with van der Waals surface area (Å²) in [6.45, 7) is 0. The van der Waals surface area contributed by atoms with E-state index in [0.29, 0.717) is 0 Å². The number of aliphatic hydroxyl groups is 1. The second-order valence-corrected chi connectivity index (χ2v) is 2.60. The number of carboxylic acids is 1. The standard InChI is InChI=1S/C2H4O6S.2K/c3-1(4)2(5)9(6,7)8;;/h2,5H,(H,3,4)(H,6,7,8);;/q;2*+1/p-2. The average Bonchev–Trinajstić information content (AvgIpc) is 1.62. The van der Waals surface area contributed by atoms with Crippen LogP contribution in [0.5, 0.6) is 0 Å². The van der Waals surface area contributed by atoms with Crippen molar-refractivity contribution in [3.63, 3.8) is 0 Å². The summed E-state index contributed by atoms with van der Waals surface area (Å²) in [6.07, 6.45) is 0. The van der Waals surface area contributed by atoms with Crippen molar-refractivity contribution in [1.29, 1.82) is 0 Å².